The quantitative estimate of drug-likeness (QED) is 0.162. The van der Waals surface area contributed by atoms with E-state index in [0.29, 0.717) is 16.5 Å². The van der Waals surface area contributed by atoms with E-state index >= 15 is 0 Å². The Morgan fingerprint density at radius 1 is 1.12 bits per heavy atom. The van der Waals surface area contributed by atoms with E-state index in [4.69, 9.17) is 5.84 Å². The van der Waals surface area contributed by atoms with Crippen LogP contribution in [0.15, 0.2) is 58.8 Å². The van der Waals surface area contributed by atoms with E-state index in [1.165, 1.54) is 11.6 Å². The second-order valence-corrected chi connectivity index (χ2v) is 8.07. The first kappa shape index (κ1) is 23.6. The number of hydrogen-bond acceptors (Lipinski definition) is 9. The topological polar surface area (TPSA) is 143 Å². The molecule has 3 aromatic rings. The number of aromatic nitrogens is 3. The zero-order chi connectivity index (χ0) is 23.8. The Morgan fingerprint density at radius 2 is 1.82 bits per heavy atom. The summed E-state index contributed by atoms with van der Waals surface area (Å²) in [6, 6.07) is 14.7. The first-order chi connectivity index (χ1) is 15.8. The van der Waals surface area contributed by atoms with Crippen molar-refractivity contribution in [2.45, 2.75) is 12.1 Å². The fraction of sp³-hybridized carbons (Fsp3) is 0.190. The molecule has 0 unspecified atom stereocenters. The van der Waals surface area contributed by atoms with Crippen molar-refractivity contribution in [3.05, 3.63) is 54.1 Å². The van der Waals surface area contributed by atoms with Crippen LogP contribution in [0, 0.1) is 0 Å². The smallest absolute Gasteiger partial charge is 0.264 e. The minimum atomic E-state index is -0.253. The zero-order valence-electron chi connectivity index (χ0n) is 18.4. The van der Waals surface area contributed by atoms with E-state index < -0.39 is 0 Å². The van der Waals surface area contributed by atoms with E-state index in [9.17, 15) is 9.59 Å². The first-order valence-corrected chi connectivity index (χ1v) is 10.9. The first-order valence-electron chi connectivity index (χ1n) is 9.89. The molecule has 12 heteroatoms. The van der Waals surface area contributed by atoms with Crippen LogP contribution in [-0.2, 0) is 9.59 Å². The predicted molar refractivity (Wildman–Crippen MR) is 132 cm³/mol. The summed E-state index contributed by atoms with van der Waals surface area (Å²) in [5.41, 5.74) is 5.90. The number of anilines is 4. The standard InChI is InChI=1S/C21H25N9O2S/c1-14(31)24-16-5-4-6-17(11-16)25-19(32)13-33-21-28-27-20(30(21)22)26-23-12-15-7-9-18(10-8-15)29(2)3/h4-12H,13,22H2,1-3H3,(H,24,31)(H,25,32)(H,26,27)/b23-12+. The SMILES string of the molecule is CC(=O)Nc1cccc(NC(=O)CSc2nnc(N/N=C/c3ccc(N(C)C)cc3)n2N)c1. The average molecular weight is 468 g/mol. The summed E-state index contributed by atoms with van der Waals surface area (Å²) in [5.74, 6) is 5.87. The fourth-order valence-corrected chi connectivity index (χ4v) is 3.34. The van der Waals surface area contributed by atoms with Crippen molar-refractivity contribution in [3.8, 4) is 0 Å². The molecule has 0 saturated carbocycles. The molecule has 0 aliphatic rings. The lowest BCUT2D eigenvalue weighted by Crippen LogP contribution is -2.17. The molecule has 5 N–H and O–H groups in total. The Kier molecular flexibility index (Phi) is 7.86. The molecule has 0 bridgehead atoms. The van der Waals surface area contributed by atoms with Crippen molar-refractivity contribution < 1.29 is 9.59 Å². The Labute approximate surface area is 195 Å². The van der Waals surface area contributed by atoms with Gasteiger partial charge in [0.05, 0.1) is 12.0 Å². The molecule has 0 spiro atoms. The number of benzene rings is 2. The van der Waals surface area contributed by atoms with E-state index in [0.717, 1.165) is 23.0 Å². The van der Waals surface area contributed by atoms with Crippen LogP contribution in [0.3, 0.4) is 0 Å². The summed E-state index contributed by atoms with van der Waals surface area (Å²) in [7, 11) is 3.95. The third kappa shape index (κ3) is 6.97. The highest BCUT2D eigenvalue weighted by atomic mass is 32.2. The van der Waals surface area contributed by atoms with Crippen LogP contribution < -0.4 is 26.8 Å². The van der Waals surface area contributed by atoms with Gasteiger partial charge in [-0.15, -0.1) is 10.2 Å². The number of rotatable bonds is 9. The van der Waals surface area contributed by atoms with Crippen molar-refractivity contribution in [2.24, 2.45) is 5.10 Å². The molecule has 2 aromatic carbocycles. The normalized spacial score (nSPS) is 10.8. The maximum atomic E-state index is 12.3. The van der Waals surface area contributed by atoms with Crippen LogP contribution in [-0.4, -0.2) is 52.8 Å². The van der Waals surface area contributed by atoms with Crippen molar-refractivity contribution >= 4 is 52.8 Å². The Hall–Kier alpha value is -4.06. The molecule has 33 heavy (non-hydrogen) atoms. The molecule has 172 valence electrons. The van der Waals surface area contributed by atoms with Gasteiger partial charge >= 0.3 is 0 Å². The highest BCUT2D eigenvalue weighted by Crippen LogP contribution is 2.19. The highest BCUT2D eigenvalue weighted by molar-refractivity contribution is 7.99. The number of nitrogens with two attached hydrogens (primary N) is 1. The molecule has 0 fully saturated rings. The van der Waals surface area contributed by atoms with Crippen LogP contribution in [0.25, 0.3) is 0 Å². The summed E-state index contributed by atoms with van der Waals surface area (Å²) in [4.78, 5) is 25.5. The molecule has 2 amide bonds. The predicted octanol–water partition coefficient (Wildman–Crippen LogP) is 2.19. The maximum absolute atomic E-state index is 12.3. The van der Waals surface area contributed by atoms with Gasteiger partial charge in [0.2, 0.25) is 17.0 Å². The van der Waals surface area contributed by atoms with Crippen molar-refractivity contribution in [2.75, 3.05) is 46.7 Å². The maximum Gasteiger partial charge on any atom is 0.264 e. The lowest BCUT2D eigenvalue weighted by Gasteiger charge is -2.11. The number of carbonyl (C=O) groups excluding carboxylic acids is 2. The highest BCUT2D eigenvalue weighted by Gasteiger charge is 2.12. The number of thioether (sulfide) groups is 1. The average Bonchev–Trinajstić information content (AvgIpc) is 3.12. The van der Waals surface area contributed by atoms with Gasteiger partial charge in [-0.1, -0.05) is 30.0 Å². The van der Waals surface area contributed by atoms with Gasteiger partial charge in [-0.2, -0.15) is 5.10 Å². The molecule has 0 saturated heterocycles. The van der Waals surface area contributed by atoms with Gasteiger partial charge in [-0.25, -0.2) is 10.1 Å². The van der Waals surface area contributed by atoms with E-state index in [-0.39, 0.29) is 23.5 Å². The van der Waals surface area contributed by atoms with Crippen molar-refractivity contribution in [1.29, 1.82) is 0 Å². The van der Waals surface area contributed by atoms with Gasteiger partial charge < -0.3 is 21.4 Å². The molecular formula is C21H25N9O2S. The molecule has 0 radical (unpaired) electrons. The van der Waals surface area contributed by atoms with Gasteiger partial charge in [0.15, 0.2) is 0 Å². The molecule has 0 atom stereocenters. The van der Waals surface area contributed by atoms with Crippen LogP contribution in [0.5, 0.6) is 0 Å². The molecule has 0 aliphatic heterocycles. The third-order valence-corrected chi connectivity index (χ3v) is 5.19. The van der Waals surface area contributed by atoms with E-state index in [1.54, 1.807) is 30.5 Å². The molecule has 11 nitrogen and oxygen atoms in total. The lowest BCUT2D eigenvalue weighted by molar-refractivity contribution is -0.114. The van der Waals surface area contributed by atoms with Gasteiger partial charge in [0, 0.05) is 38.1 Å². The Bertz CT molecular complexity index is 1140. The number of hydrazone groups is 1. The van der Waals surface area contributed by atoms with Crippen molar-refractivity contribution in [1.82, 2.24) is 14.9 Å². The number of carbonyl (C=O) groups is 2. The van der Waals surface area contributed by atoms with Gasteiger partial charge in [-0.05, 0) is 35.9 Å². The van der Waals surface area contributed by atoms with Crippen LogP contribution >= 0.6 is 11.8 Å². The van der Waals surface area contributed by atoms with E-state index in [2.05, 4.69) is 31.4 Å². The minimum Gasteiger partial charge on any atom is -0.378 e. The second-order valence-electron chi connectivity index (χ2n) is 7.13. The molecule has 1 heterocycles. The summed E-state index contributed by atoms with van der Waals surface area (Å²) in [6.45, 7) is 1.42. The minimum absolute atomic E-state index is 0.0706. The Balaban J connectivity index is 1.51. The summed E-state index contributed by atoms with van der Waals surface area (Å²) in [5, 5.41) is 17.8. The molecule has 1 aromatic heterocycles. The van der Waals surface area contributed by atoms with Crippen LogP contribution in [0.4, 0.5) is 23.0 Å². The molecular weight excluding hydrogens is 442 g/mol. The lowest BCUT2D eigenvalue weighted by atomic mass is 10.2. The van der Waals surface area contributed by atoms with Crippen LogP contribution in [0.2, 0.25) is 0 Å². The number of nitrogen functional groups attached to an aromatic ring is 1. The van der Waals surface area contributed by atoms with Gasteiger partial charge in [0.1, 0.15) is 0 Å². The third-order valence-electron chi connectivity index (χ3n) is 4.25. The molecule has 3 rings (SSSR count). The number of nitrogens with one attached hydrogen (secondary N) is 3. The van der Waals surface area contributed by atoms with Gasteiger partial charge in [-0.3, -0.25) is 9.59 Å². The number of nitrogens with zero attached hydrogens (tertiary/aromatic N) is 5. The van der Waals surface area contributed by atoms with E-state index in [1.807, 2.05) is 43.3 Å². The number of hydrogen-bond donors (Lipinski definition) is 4. The Morgan fingerprint density at radius 3 is 2.48 bits per heavy atom. The summed E-state index contributed by atoms with van der Waals surface area (Å²) >= 11 is 1.13. The second kappa shape index (κ2) is 11.0. The summed E-state index contributed by atoms with van der Waals surface area (Å²) in [6.07, 6.45) is 1.64. The fourth-order valence-electron chi connectivity index (χ4n) is 2.68. The van der Waals surface area contributed by atoms with Crippen molar-refractivity contribution in [3.63, 3.8) is 0 Å². The van der Waals surface area contributed by atoms with Crippen LogP contribution in [0.1, 0.15) is 12.5 Å². The largest absolute Gasteiger partial charge is 0.378 e. The summed E-state index contributed by atoms with van der Waals surface area (Å²) < 4.78 is 1.22. The monoisotopic (exact) mass is 467 g/mol. The van der Waals surface area contributed by atoms with Gasteiger partial charge in [0.25, 0.3) is 5.95 Å². The number of amides is 2. The molecule has 0 aliphatic carbocycles. The zero-order valence-corrected chi connectivity index (χ0v) is 19.3.